The highest BCUT2D eigenvalue weighted by Gasteiger charge is 2.51. The third kappa shape index (κ3) is 23.9. The van der Waals surface area contributed by atoms with E-state index in [0.29, 0.717) is 38.9 Å². The summed E-state index contributed by atoms with van der Waals surface area (Å²) < 4.78 is 66.7. The minimum absolute atomic E-state index is 0.0850. The number of hydrogen-bond acceptors (Lipinski definition) is 13. The summed E-state index contributed by atoms with van der Waals surface area (Å²) in [6.07, 6.45) is 9.95. The van der Waals surface area contributed by atoms with Crippen molar-refractivity contribution in [2.75, 3.05) is 19.8 Å². The van der Waals surface area contributed by atoms with Crippen molar-refractivity contribution in [1.29, 1.82) is 0 Å². The molecule has 0 radical (unpaired) electrons. The fraction of sp³-hybridized carbons (Fsp3) is 0.688. The molecule has 0 aromatic heterocycles. The van der Waals surface area contributed by atoms with Gasteiger partial charge in [-0.25, -0.2) is 4.18 Å². The van der Waals surface area contributed by atoms with Crippen LogP contribution in [0.15, 0.2) is 60.7 Å². The van der Waals surface area contributed by atoms with E-state index in [1.54, 1.807) is 0 Å². The van der Waals surface area contributed by atoms with Crippen LogP contribution in [0.5, 0.6) is 11.5 Å². The Balaban J connectivity index is 1.58. The van der Waals surface area contributed by atoms with Crippen LogP contribution in [0.3, 0.4) is 0 Å². The normalized spacial score (nSPS) is 19.1. The van der Waals surface area contributed by atoms with Gasteiger partial charge in [0.1, 0.15) is 29.7 Å². The second-order valence-electron chi connectivity index (χ2n) is 16.5. The van der Waals surface area contributed by atoms with Gasteiger partial charge >= 0.3 is 22.3 Å². The third-order valence-corrected chi connectivity index (χ3v) is 11.6. The molecule has 64 heavy (non-hydrogen) atoms. The fourth-order valence-corrected chi connectivity index (χ4v) is 8.09. The number of para-hydroxylation sites is 2. The van der Waals surface area contributed by atoms with Crippen molar-refractivity contribution >= 4 is 28.2 Å². The number of nitrogens with one attached hydrogen (secondary N) is 1. The summed E-state index contributed by atoms with van der Waals surface area (Å²) >= 11 is 0. The largest absolute Gasteiger partial charge is 0.494 e. The van der Waals surface area contributed by atoms with Crippen LogP contribution in [0.4, 0.5) is 0 Å². The first-order valence-electron chi connectivity index (χ1n) is 23.7. The van der Waals surface area contributed by atoms with E-state index >= 15 is 0 Å². The van der Waals surface area contributed by atoms with Gasteiger partial charge in [-0.2, -0.15) is 8.42 Å². The van der Waals surface area contributed by atoms with Crippen LogP contribution >= 0.6 is 0 Å². The summed E-state index contributed by atoms with van der Waals surface area (Å²) in [6, 6.07) is 17.4. The van der Waals surface area contributed by atoms with E-state index in [9.17, 15) is 37.6 Å². The highest BCUT2D eigenvalue weighted by Crippen LogP contribution is 2.28. The molecule has 0 saturated carbocycles. The average molecular weight is 922 g/mol. The van der Waals surface area contributed by atoms with Crippen molar-refractivity contribution in [2.45, 2.75) is 191 Å². The molecule has 1 heterocycles. The summed E-state index contributed by atoms with van der Waals surface area (Å²) in [5, 5.41) is 23.7. The molecule has 362 valence electrons. The maximum atomic E-state index is 14.0. The van der Waals surface area contributed by atoms with Crippen molar-refractivity contribution in [3.63, 3.8) is 0 Å². The molecule has 2 aromatic rings. The smallest absolute Gasteiger partial charge is 0.397 e. The van der Waals surface area contributed by atoms with Crippen LogP contribution in [-0.2, 0) is 43.2 Å². The average Bonchev–Trinajstić information content (AvgIpc) is 3.27. The highest BCUT2D eigenvalue weighted by molar-refractivity contribution is 7.80. The Morgan fingerprint density at radius 3 is 1.62 bits per heavy atom. The molecule has 0 spiro atoms. The Hall–Kier alpha value is -3.80. The van der Waals surface area contributed by atoms with Crippen molar-refractivity contribution < 1.29 is 65.4 Å². The van der Waals surface area contributed by atoms with E-state index in [1.807, 2.05) is 60.7 Å². The van der Waals surface area contributed by atoms with E-state index in [0.717, 1.165) is 82.1 Å². The van der Waals surface area contributed by atoms with Gasteiger partial charge in [-0.15, -0.1) is 0 Å². The van der Waals surface area contributed by atoms with Gasteiger partial charge in [-0.3, -0.25) is 18.9 Å². The molecule has 3 rings (SSSR count). The predicted octanol–water partition coefficient (Wildman–Crippen LogP) is 8.34. The van der Waals surface area contributed by atoms with Crippen LogP contribution in [0.1, 0.15) is 155 Å². The Morgan fingerprint density at radius 2 is 1.12 bits per heavy atom. The molecule has 1 saturated heterocycles. The summed E-state index contributed by atoms with van der Waals surface area (Å²) in [4.78, 5) is 40.3. The van der Waals surface area contributed by atoms with Gasteiger partial charge in [0.15, 0.2) is 18.5 Å². The number of carbonyl (C=O) groups is 3. The predicted molar refractivity (Wildman–Crippen MR) is 242 cm³/mol. The molecule has 1 amide bonds. The summed E-state index contributed by atoms with van der Waals surface area (Å²) in [7, 11) is -5.21. The number of aliphatic hydroxyl groups is 2. The number of rotatable bonds is 36. The van der Waals surface area contributed by atoms with Gasteiger partial charge in [-0.1, -0.05) is 140 Å². The molecule has 6 atom stereocenters. The van der Waals surface area contributed by atoms with E-state index < -0.39 is 71.6 Å². The van der Waals surface area contributed by atoms with Crippen molar-refractivity contribution in [3.8, 4) is 11.5 Å². The maximum absolute atomic E-state index is 14.0. The molecule has 1 fully saturated rings. The lowest BCUT2D eigenvalue weighted by molar-refractivity contribution is -0.254. The maximum Gasteiger partial charge on any atom is 0.397 e. The Bertz CT molecular complexity index is 1650. The molecule has 1 aliphatic rings. The van der Waals surface area contributed by atoms with Gasteiger partial charge in [-0.05, 0) is 62.8 Å². The molecule has 2 unspecified atom stereocenters. The Kier molecular flexibility index (Phi) is 27.9. The molecule has 15 nitrogen and oxygen atoms in total. The van der Waals surface area contributed by atoms with Gasteiger partial charge in [0.05, 0.1) is 19.8 Å². The van der Waals surface area contributed by atoms with E-state index in [2.05, 4.69) is 12.2 Å². The third-order valence-electron chi connectivity index (χ3n) is 11.1. The highest BCUT2D eigenvalue weighted by atomic mass is 32.3. The molecule has 0 bridgehead atoms. The van der Waals surface area contributed by atoms with Gasteiger partial charge in [0.25, 0.3) is 5.91 Å². The molecule has 4 N–H and O–H groups in total. The first kappa shape index (κ1) is 54.5. The van der Waals surface area contributed by atoms with Crippen molar-refractivity contribution in [2.24, 2.45) is 0 Å². The zero-order chi connectivity index (χ0) is 46.3. The Morgan fingerprint density at radius 1 is 0.656 bits per heavy atom. The van der Waals surface area contributed by atoms with E-state index in [4.69, 9.17) is 27.9 Å². The van der Waals surface area contributed by atoms with Crippen LogP contribution in [-0.4, -0.2) is 97.6 Å². The summed E-state index contributed by atoms with van der Waals surface area (Å²) in [5.41, 5.74) is 0. The number of unbranched alkanes of at least 4 members (excludes halogenated alkanes) is 17. The standard InChI is InChI=1S/C48H75NO14S/c1-2-3-4-5-6-7-8-9-12-23-32-40(60-42(51)33-24-13-10-15-26-35-58-38-28-19-17-20-29-38)47(53)49-44-46(45(63-64(55,56)57)41(37-50)61-48(44)54)62-43(52)34-25-14-11-16-27-36-59-39-30-21-18-22-31-39/h17-22,28-31,40-41,44-46,48,50,54H,2-16,23-27,32-37H2,1H3,(H,49,53)(H,55,56,57)/t40?,41-,44-,45-,46-,48?/m1/s1. The molecule has 16 heteroatoms. The molecule has 2 aromatic carbocycles. The second-order valence-corrected chi connectivity index (χ2v) is 17.6. The lowest BCUT2D eigenvalue weighted by Crippen LogP contribution is -2.67. The molecular weight excluding hydrogens is 847 g/mol. The van der Waals surface area contributed by atoms with E-state index in [-0.39, 0.29) is 19.3 Å². The van der Waals surface area contributed by atoms with Crippen LogP contribution in [0.2, 0.25) is 0 Å². The minimum atomic E-state index is -5.21. The van der Waals surface area contributed by atoms with Crippen LogP contribution in [0.25, 0.3) is 0 Å². The van der Waals surface area contributed by atoms with Gasteiger partial charge in [0, 0.05) is 12.8 Å². The molecule has 0 aliphatic carbocycles. The lowest BCUT2D eigenvalue weighted by atomic mass is 9.96. The topological polar surface area (TPSA) is 213 Å². The second kappa shape index (κ2) is 32.8. The van der Waals surface area contributed by atoms with Gasteiger partial charge < -0.3 is 39.2 Å². The molecular formula is C48H75NO14S. The number of benzene rings is 2. The first-order valence-corrected chi connectivity index (χ1v) is 25.0. The summed E-state index contributed by atoms with van der Waals surface area (Å²) in [6.45, 7) is 2.45. The SMILES string of the molecule is CCCCCCCCCCCCC(OC(=O)CCCCCCCOc1ccccc1)C(=O)N[C@H]1C(O)O[C@H](CO)[C@@H](OS(=O)(=O)O)[C@@H]1OC(=O)CCCCCCCOc1ccccc1. The minimum Gasteiger partial charge on any atom is -0.494 e. The number of amides is 1. The molecule has 1 aliphatic heterocycles. The van der Waals surface area contributed by atoms with Crippen LogP contribution in [0, 0.1) is 0 Å². The van der Waals surface area contributed by atoms with E-state index in [1.165, 1.54) is 32.1 Å². The van der Waals surface area contributed by atoms with Crippen LogP contribution < -0.4 is 14.8 Å². The van der Waals surface area contributed by atoms with Crippen molar-refractivity contribution in [1.82, 2.24) is 5.32 Å². The fourth-order valence-electron chi connectivity index (χ4n) is 7.58. The number of esters is 2. The number of hydrogen-bond donors (Lipinski definition) is 4. The zero-order valence-electron chi connectivity index (χ0n) is 37.9. The van der Waals surface area contributed by atoms with Crippen molar-refractivity contribution in [3.05, 3.63) is 60.7 Å². The number of carbonyl (C=O) groups excluding carboxylic acids is 3. The quantitative estimate of drug-likeness (QED) is 0.0287. The first-order chi connectivity index (χ1) is 31.0. The number of aliphatic hydroxyl groups excluding tert-OH is 2. The van der Waals surface area contributed by atoms with Gasteiger partial charge in [0.2, 0.25) is 0 Å². The lowest BCUT2D eigenvalue weighted by Gasteiger charge is -2.43. The Labute approximate surface area is 381 Å². The summed E-state index contributed by atoms with van der Waals surface area (Å²) in [5.74, 6) is -0.561. The monoisotopic (exact) mass is 921 g/mol. The zero-order valence-corrected chi connectivity index (χ0v) is 38.7. The number of ether oxygens (including phenoxy) is 5.